The van der Waals surface area contributed by atoms with Gasteiger partial charge in [0.1, 0.15) is 11.0 Å². The van der Waals surface area contributed by atoms with Crippen molar-refractivity contribution in [3.63, 3.8) is 0 Å². The van der Waals surface area contributed by atoms with E-state index in [1.807, 2.05) is 7.05 Å². The molecule has 1 aliphatic rings. The zero-order valence-corrected chi connectivity index (χ0v) is 11.7. The number of hydrogen-bond acceptors (Lipinski definition) is 5. The largest absolute Gasteiger partial charge is 0.368 e. The summed E-state index contributed by atoms with van der Waals surface area (Å²) in [6.45, 7) is 5.61. The lowest BCUT2D eigenvalue weighted by Crippen LogP contribution is -2.43. The van der Waals surface area contributed by atoms with Gasteiger partial charge in [0.05, 0.1) is 0 Å². The summed E-state index contributed by atoms with van der Waals surface area (Å²) in [7, 11) is 2.05. The van der Waals surface area contributed by atoms with Crippen LogP contribution in [0, 0.1) is 0 Å². The van der Waals surface area contributed by atoms with Crippen LogP contribution in [0.15, 0.2) is 6.07 Å². The molecule has 1 aromatic heterocycles. The van der Waals surface area contributed by atoms with Gasteiger partial charge < -0.3 is 15.5 Å². The Morgan fingerprint density at radius 3 is 2.67 bits per heavy atom. The molecular weight excluding hydrogens is 250 g/mol. The Labute approximate surface area is 113 Å². The summed E-state index contributed by atoms with van der Waals surface area (Å²) in [6.07, 6.45) is 2.29. The summed E-state index contributed by atoms with van der Waals surface area (Å²) in [5.74, 6) is 1.04. The molecule has 0 saturated carbocycles. The quantitative estimate of drug-likeness (QED) is 0.846. The molecule has 2 heterocycles. The van der Waals surface area contributed by atoms with Crippen LogP contribution in [0.3, 0.4) is 0 Å². The SMILES string of the molecule is CCN1CCC(N(C)c2cc(Cl)nc(N)n2)CC1. The van der Waals surface area contributed by atoms with Gasteiger partial charge >= 0.3 is 0 Å². The first kappa shape index (κ1) is 13.4. The highest BCUT2D eigenvalue weighted by Gasteiger charge is 2.22. The molecule has 2 rings (SSSR count). The lowest BCUT2D eigenvalue weighted by Gasteiger charge is -2.36. The van der Waals surface area contributed by atoms with Gasteiger partial charge in [0.2, 0.25) is 5.95 Å². The molecule has 0 amide bonds. The normalized spacial score (nSPS) is 17.9. The average Bonchev–Trinajstić information content (AvgIpc) is 2.37. The maximum absolute atomic E-state index is 5.91. The van der Waals surface area contributed by atoms with Crippen LogP contribution >= 0.6 is 11.6 Å². The highest BCUT2D eigenvalue weighted by molar-refractivity contribution is 6.29. The third kappa shape index (κ3) is 3.03. The van der Waals surface area contributed by atoms with Crippen molar-refractivity contribution in [2.75, 3.05) is 37.3 Å². The van der Waals surface area contributed by atoms with E-state index in [9.17, 15) is 0 Å². The monoisotopic (exact) mass is 269 g/mol. The predicted octanol–water partition coefficient (Wildman–Crippen LogP) is 1.63. The lowest BCUT2D eigenvalue weighted by molar-refractivity contribution is 0.220. The molecule has 6 heteroatoms. The summed E-state index contributed by atoms with van der Waals surface area (Å²) in [4.78, 5) is 12.8. The number of piperidine rings is 1. The van der Waals surface area contributed by atoms with Crippen molar-refractivity contribution in [1.82, 2.24) is 14.9 Å². The van der Waals surface area contributed by atoms with Crippen LogP contribution in [0.1, 0.15) is 19.8 Å². The first-order valence-corrected chi connectivity index (χ1v) is 6.73. The second-order valence-electron chi connectivity index (χ2n) is 4.68. The van der Waals surface area contributed by atoms with Gasteiger partial charge in [-0.1, -0.05) is 18.5 Å². The predicted molar refractivity (Wildman–Crippen MR) is 75.0 cm³/mol. The van der Waals surface area contributed by atoms with Gasteiger partial charge in [0.25, 0.3) is 0 Å². The van der Waals surface area contributed by atoms with E-state index in [2.05, 4.69) is 26.7 Å². The van der Waals surface area contributed by atoms with Crippen LogP contribution in [0.4, 0.5) is 11.8 Å². The van der Waals surface area contributed by atoms with Crippen molar-refractivity contribution in [2.45, 2.75) is 25.8 Å². The Hall–Kier alpha value is -1.07. The zero-order valence-electron chi connectivity index (χ0n) is 10.9. The maximum atomic E-state index is 5.91. The van der Waals surface area contributed by atoms with Crippen LogP contribution in [-0.4, -0.2) is 47.6 Å². The van der Waals surface area contributed by atoms with Crippen molar-refractivity contribution >= 4 is 23.4 Å². The van der Waals surface area contributed by atoms with Gasteiger partial charge in [-0.15, -0.1) is 0 Å². The van der Waals surface area contributed by atoms with Crippen molar-refractivity contribution in [3.8, 4) is 0 Å². The van der Waals surface area contributed by atoms with Gasteiger partial charge in [-0.3, -0.25) is 0 Å². The lowest BCUT2D eigenvalue weighted by atomic mass is 10.0. The molecule has 5 nitrogen and oxygen atoms in total. The van der Waals surface area contributed by atoms with Crippen LogP contribution < -0.4 is 10.6 Å². The van der Waals surface area contributed by atoms with E-state index in [4.69, 9.17) is 17.3 Å². The minimum atomic E-state index is 0.232. The fourth-order valence-corrected chi connectivity index (χ4v) is 2.60. The molecule has 18 heavy (non-hydrogen) atoms. The van der Waals surface area contributed by atoms with E-state index in [0.29, 0.717) is 11.2 Å². The fraction of sp³-hybridized carbons (Fsp3) is 0.667. The number of rotatable bonds is 3. The van der Waals surface area contributed by atoms with Crippen LogP contribution in [0.5, 0.6) is 0 Å². The molecule has 1 aromatic rings. The fourth-order valence-electron chi connectivity index (χ4n) is 2.41. The molecule has 0 spiro atoms. The summed E-state index contributed by atoms with van der Waals surface area (Å²) in [5, 5.41) is 0.398. The summed E-state index contributed by atoms with van der Waals surface area (Å²) < 4.78 is 0. The molecule has 1 aliphatic heterocycles. The number of halogens is 1. The molecule has 0 aliphatic carbocycles. The molecule has 0 atom stereocenters. The average molecular weight is 270 g/mol. The van der Waals surface area contributed by atoms with Crippen LogP contribution in [0.25, 0.3) is 0 Å². The number of hydrogen-bond donors (Lipinski definition) is 1. The number of nitrogens with two attached hydrogens (primary N) is 1. The van der Waals surface area contributed by atoms with Crippen molar-refractivity contribution in [1.29, 1.82) is 0 Å². The minimum absolute atomic E-state index is 0.232. The second-order valence-corrected chi connectivity index (χ2v) is 5.07. The summed E-state index contributed by atoms with van der Waals surface area (Å²) >= 11 is 5.91. The van der Waals surface area contributed by atoms with Gasteiger partial charge in [-0.2, -0.15) is 4.98 Å². The second kappa shape index (κ2) is 5.71. The first-order chi connectivity index (χ1) is 8.60. The third-order valence-corrected chi connectivity index (χ3v) is 3.81. The minimum Gasteiger partial charge on any atom is -0.368 e. The van der Waals surface area contributed by atoms with E-state index in [-0.39, 0.29) is 5.95 Å². The van der Waals surface area contributed by atoms with Crippen LogP contribution in [-0.2, 0) is 0 Å². The summed E-state index contributed by atoms with van der Waals surface area (Å²) in [6, 6.07) is 2.27. The van der Waals surface area contributed by atoms with Gasteiger partial charge in [-0.05, 0) is 19.4 Å². The molecule has 2 N–H and O–H groups in total. The Balaban J connectivity index is 2.05. The van der Waals surface area contributed by atoms with Gasteiger partial charge in [0.15, 0.2) is 0 Å². The molecule has 0 radical (unpaired) electrons. The number of aromatic nitrogens is 2. The molecule has 0 unspecified atom stereocenters. The first-order valence-electron chi connectivity index (χ1n) is 6.35. The van der Waals surface area contributed by atoms with E-state index in [0.717, 1.165) is 38.3 Å². The van der Waals surface area contributed by atoms with Gasteiger partial charge in [-0.25, -0.2) is 4.98 Å². The zero-order chi connectivity index (χ0) is 13.1. The maximum Gasteiger partial charge on any atom is 0.223 e. The Morgan fingerprint density at radius 1 is 1.44 bits per heavy atom. The van der Waals surface area contributed by atoms with Crippen LogP contribution in [0.2, 0.25) is 5.15 Å². The standard InChI is InChI=1S/C12H20ClN5/c1-3-18-6-4-9(5-7-18)17(2)11-8-10(13)15-12(14)16-11/h8-9H,3-7H2,1-2H3,(H2,14,15,16). The number of nitrogen functional groups attached to an aromatic ring is 1. The molecule has 1 fully saturated rings. The highest BCUT2D eigenvalue weighted by atomic mass is 35.5. The molecular formula is C12H20ClN5. The van der Waals surface area contributed by atoms with E-state index in [1.165, 1.54) is 0 Å². The number of likely N-dealkylation sites (tertiary alicyclic amines) is 1. The van der Waals surface area contributed by atoms with E-state index in [1.54, 1.807) is 6.07 Å². The summed E-state index contributed by atoms with van der Waals surface area (Å²) in [5.41, 5.74) is 5.63. The molecule has 100 valence electrons. The highest BCUT2D eigenvalue weighted by Crippen LogP contribution is 2.22. The smallest absolute Gasteiger partial charge is 0.223 e. The van der Waals surface area contributed by atoms with E-state index >= 15 is 0 Å². The number of nitrogens with zero attached hydrogens (tertiary/aromatic N) is 4. The molecule has 0 bridgehead atoms. The van der Waals surface area contributed by atoms with Gasteiger partial charge in [0, 0.05) is 32.2 Å². The third-order valence-electron chi connectivity index (χ3n) is 3.61. The van der Waals surface area contributed by atoms with E-state index < -0.39 is 0 Å². The van der Waals surface area contributed by atoms with Crippen molar-refractivity contribution in [2.24, 2.45) is 0 Å². The van der Waals surface area contributed by atoms with Crippen molar-refractivity contribution in [3.05, 3.63) is 11.2 Å². The Kier molecular flexibility index (Phi) is 4.24. The molecule has 0 aromatic carbocycles. The Bertz CT molecular complexity index is 383. The molecule has 1 saturated heterocycles. The Morgan fingerprint density at radius 2 is 2.11 bits per heavy atom. The van der Waals surface area contributed by atoms with Crippen molar-refractivity contribution < 1.29 is 0 Å². The topological polar surface area (TPSA) is 58.3 Å². The number of anilines is 2.